The number of hydrogen-bond acceptors (Lipinski definition) is 9. The molecule has 0 unspecified atom stereocenters. The molecule has 1 amide bonds. The van der Waals surface area contributed by atoms with Gasteiger partial charge in [-0.1, -0.05) is 23.9 Å². The summed E-state index contributed by atoms with van der Waals surface area (Å²) in [6.45, 7) is 5.82. The van der Waals surface area contributed by atoms with Gasteiger partial charge >= 0.3 is 0 Å². The third kappa shape index (κ3) is 7.05. The molecule has 2 aromatic carbocycles. The van der Waals surface area contributed by atoms with Crippen molar-refractivity contribution >= 4 is 34.3 Å². The number of nitrogens with zero attached hydrogens (tertiary/aromatic N) is 4. The third-order valence-electron chi connectivity index (χ3n) is 7.12. The number of aromatic nitrogens is 2. The van der Waals surface area contributed by atoms with Gasteiger partial charge in [-0.3, -0.25) is 29.2 Å². The largest absolute Gasteiger partial charge is 0.379 e. The van der Waals surface area contributed by atoms with Crippen molar-refractivity contribution in [3.05, 3.63) is 74.1 Å². The van der Waals surface area contributed by atoms with Gasteiger partial charge in [0.25, 0.3) is 17.2 Å². The highest BCUT2D eigenvalue weighted by Gasteiger charge is 2.21. The molecule has 3 heterocycles. The van der Waals surface area contributed by atoms with Gasteiger partial charge in [0.05, 0.1) is 41.7 Å². The number of carbonyl (C=O) groups is 1. The van der Waals surface area contributed by atoms with E-state index in [0.717, 1.165) is 57.7 Å². The molecule has 12 heteroatoms. The van der Waals surface area contributed by atoms with Crippen molar-refractivity contribution in [2.75, 3.05) is 46.0 Å². The predicted octanol–water partition coefficient (Wildman–Crippen LogP) is 3.23. The van der Waals surface area contributed by atoms with Crippen LogP contribution in [0.5, 0.6) is 0 Å². The summed E-state index contributed by atoms with van der Waals surface area (Å²) in [5.41, 5.74) is 1.46. The Kier molecular flexibility index (Phi) is 9.42. The van der Waals surface area contributed by atoms with Gasteiger partial charge in [-0.15, -0.1) is 0 Å². The van der Waals surface area contributed by atoms with E-state index in [1.54, 1.807) is 28.8 Å². The predicted molar refractivity (Wildman–Crippen MR) is 152 cm³/mol. The lowest BCUT2D eigenvalue weighted by molar-refractivity contribution is -0.384. The summed E-state index contributed by atoms with van der Waals surface area (Å²) in [7, 11) is 0. The molecule has 5 rings (SSSR count). The fourth-order valence-electron chi connectivity index (χ4n) is 4.94. The maximum absolute atomic E-state index is 13.6. The van der Waals surface area contributed by atoms with E-state index < -0.39 is 4.92 Å². The van der Waals surface area contributed by atoms with E-state index in [1.165, 1.54) is 23.9 Å². The minimum Gasteiger partial charge on any atom is -0.379 e. The molecule has 2 aliphatic rings. The molecule has 1 N–H and O–H groups in total. The third-order valence-corrected chi connectivity index (χ3v) is 8.17. The highest BCUT2D eigenvalue weighted by Crippen LogP contribution is 2.26. The minimum atomic E-state index is -0.426. The number of fused-ring (bicyclic) bond motifs is 1. The molecule has 1 atom stereocenters. The number of nitro benzene ring substituents is 1. The number of amides is 1. The van der Waals surface area contributed by atoms with Crippen LogP contribution in [0, 0.1) is 10.1 Å². The van der Waals surface area contributed by atoms with E-state index in [9.17, 15) is 19.7 Å². The van der Waals surface area contributed by atoms with Crippen LogP contribution in [-0.4, -0.2) is 77.4 Å². The lowest BCUT2D eigenvalue weighted by atomic mass is 10.1. The summed E-state index contributed by atoms with van der Waals surface area (Å²) >= 11 is 1.34. The standard InChI is InChI=1S/C28H33N5O6S/c34-26(29-9-3-10-31-11-14-38-15-12-31)21-7-8-24-25(17-21)30-28(32(27(24)35)18-23-6-2-13-39-23)40-19-20-4-1-5-22(16-20)33(36)37/h1,4-5,7-8,16-17,23H,2-3,6,9-15,18-19H2,(H,29,34)/t23-/m1/s1. The highest BCUT2D eigenvalue weighted by molar-refractivity contribution is 7.98. The number of carbonyl (C=O) groups excluding carboxylic acids is 1. The van der Waals surface area contributed by atoms with E-state index in [-0.39, 0.29) is 23.3 Å². The molecule has 2 fully saturated rings. The summed E-state index contributed by atoms with van der Waals surface area (Å²) in [6.07, 6.45) is 2.58. The number of nitro groups is 1. The number of thioether (sulfide) groups is 1. The Labute approximate surface area is 236 Å². The smallest absolute Gasteiger partial charge is 0.269 e. The Hall–Kier alpha value is -3.32. The molecule has 0 radical (unpaired) electrons. The first kappa shape index (κ1) is 28.2. The number of non-ortho nitro benzene ring substituents is 1. The van der Waals surface area contributed by atoms with Gasteiger partial charge in [-0.25, -0.2) is 4.98 Å². The van der Waals surface area contributed by atoms with Gasteiger partial charge in [0.2, 0.25) is 0 Å². The monoisotopic (exact) mass is 567 g/mol. The molecule has 0 saturated carbocycles. The Bertz CT molecular complexity index is 1420. The molecule has 0 bridgehead atoms. The summed E-state index contributed by atoms with van der Waals surface area (Å²) in [5, 5.41) is 15.1. The van der Waals surface area contributed by atoms with Crippen LogP contribution in [0.1, 0.15) is 35.2 Å². The summed E-state index contributed by atoms with van der Waals surface area (Å²) in [6, 6.07) is 11.4. The number of rotatable bonds is 11. The van der Waals surface area contributed by atoms with Gasteiger partial charge in [-0.2, -0.15) is 0 Å². The van der Waals surface area contributed by atoms with Crippen LogP contribution < -0.4 is 10.9 Å². The summed E-state index contributed by atoms with van der Waals surface area (Å²) in [5.74, 6) is 0.189. The van der Waals surface area contributed by atoms with Gasteiger partial charge in [0.15, 0.2) is 5.16 Å². The average molecular weight is 568 g/mol. The van der Waals surface area contributed by atoms with Crippen molar-refractivity contribution in [2.24, 2.45) is 0 Å². The first-order valence-electron chi connectivity index (χ1n) is 13.6. The SMILES string of the molecule is O=C(NCCCN1CCOCC1)c1ccc2c(=O)n(C[C@H]3CCCO3)c(SCc3cccc([N+](=O)[O-])c3)nc2c1. The number of ether oxygens (including phenoxy) is 2. The highest BCUT2D eigenvalue weighted by atomic mass is 32.2. The van der Waals surface area contributed by atoms with Crippen LogP contribution in [0.3, 0.4) is 0 Å². The molecular formula is C28H33N5O6S. The van der Waals surface area contributed by atoms with Crippen molar-refractivity contribution in [3.63, 3.8) is 0 Å². The molecule has 0 spiro atoms. The summed E-state index contributed by atoms with van der Waals surface area (Å²) < 4.78 is 12.8. The summed E-state index contributed by atoms with van der Waals surface area (Å²) in [4.78, 5) is 44.3. The number of morpholine rings is 1. The van der Waals surface area contributed by atoms with Crippen LogP contribution >= 0.6 is 11.8 Å². The van der Waals surface area contributed by atoms with Crippen LogP contribution in [0.15, 0.2) is 52.4 Å². The van der Waals surface area contributed by atoms with Gasteiger partial charge in [0, 0.05) is 49.7 Å². The van der Waals surface area contributed by atoms with Crippen molar-refractivity contribution in [2.45, 2.75) is 42.8 Å². The topological polar surface area (TPSA) is 129 Å². The lowest BCUT2D eigenvalue weighted by Gasteiger charge is -2.26. The maximum atomic E-state index is 13.6. The zero-order valence-corrected chi connectivity index (χ0v) is 23.1. The molecule has 3 aromatic rings. The van der Waals surface area contributed by atoms with Gasteiger partial charge in [0.1, 0.15) is 0 Å². The second-order valence-electron chi connectivity index (χ2n) is 9.96. The Morgan fingerprint density at radius 3 is 2.80 bits per heavy atom. The Morgan fingerprint density at radius 2 is 2.02 bits per heavy atom. The second-order valence-corrected chi connectivity index (χ2v) is 10.9. The van der Waals surface area contributed by atoms with Crippen molar-refractivity contribution in [1.29, 1.82) is 0 Å². The van der Waals surface area contributed by atoms with Crippen LogP contribution in [0.4, 0.5) is 5.69 Å². The molecule has 2 saturated heterocycles. The number of hydrogen-bond donors (Lipinski definition) is 1. The molecule has 1 aromatic heterocycles. The quantitative estimate of drug-likeness (QED) is 0.122. The molecule has 212 valence electrons. The molecule has 11 nitrogen and oxygen atoms in total. The van der Waals surface area contributed by atoms with E-state index in [4.69, 9.17) is 14.5 Å². The van der Waals surface area contributed by atoms with E-state index >= 15 is 0 Å². The minimum absolute atomic E-state index is 0.0157. The van der Waals surface area contributed by atoms with Gasteiger partial charge < -0.3 is 14.8 Å². The van der Waals surface area contributed by atoms with Crippen molar-refractivity contribution in [3.8, 4) is 0 Å². The zero-order chi connectivity index (χ0) is 27.9. The number of benzene rings is 2. The van der Waals surface area contributed by atoms with Crippen LogP contribution in [0.25, 0.3) is 10.9 Å². The molecule has 0 aliphatic carbocycles. The van der Waals surface area contributed by atoms with E-state index in [2.05, 4.69) is 10.2 Å². The Balaban J connectivity index is 1.34. The van der Waals surface area contributed by atoms with Crippen LogP contribution in [-0.2, 0) is 21.8 Å². The zero-order valence-electron chi connectivity index (χ0n) is 22.3. The first-order chi connectivity index (χ1) is 19.5. The van der Waals surface area contributed by atoms with E-state index in [0.29, 0.717) is 47.1 Å². The van der Waals surface area contributed by atoms with Crippen molar-refractivity contribution in [1.82, 2.24) is 19.8 Å². The van der Waals surface area contributed by atoms with Crippen molar-refractivity contribution < 1.29 is 19.2 Å². The fourth-order valence-corrected chi connectivity index (χ4v) is 5.90. The maximum Gasteiger partial charge on any atom is 0.269 e. The molecular weight excluding hydrogens is 534 g/mol. The first-order valence-corrected chi connectivity index (χ1v) is 14.6. The van der Waals surface area contributed by atoms with E-state index in [1.807, 2.05) is 6.07 Å². The van der Waals surface area contributed by atoms with Crippen LogP contribution in [0.2, 0.25) is 0 Å². The second kappa shape index (κ2) is 13.4. The van der Waals surface area contributed by atoms with Gasteiger partial charge in [-0.05, 0) is 49.6 Å². The molecule has 2 aliphatic heterocycles. The Morgan fingerprint density at radius 1 is 1.18 bits per heavy atom. The number of nitrogens with one attached hydrogen (secondary N) is 1. The fraction of sp³-hybridized carbons (Fsp3) is 0.464. The lowest BCUT2D eigenvalue weighted by Crippen LogP contribution is -2.38. The average Bonchev–Trinajstić information content (AvgIpc) is 3.49. The normalized spacial score (nSPS) is 17.8. The molecule has 40 heavy (non-hydrogen) atoms.